The van der Waals surface area contributed by atoms with Crippen LogP contribution in [0.2, 0.25) is 0 Å². The number of carbonyl (C=O) groups is 1. The Bertz CT molecular complexity index is 1810. The van der Waals surface area contributed by atoms with Crippen molar-refractivity contribution in [2.75, 3.05) is 18.0 Å². The number of hydrogen-bond donors (Lipinski definition) is 0. The number of carbonyl (C=O) groups excluding carboxylic acids is 1. The predicted octanol–water partition coefficient (Wildman–Crippen LogP) is 3.42. The fourth-order valence-electron chi connectivity index (χ4n) is 5.80. The predicted molar refractivity (Wildman–Crippen MR) is 157 cm³/mol. The first-order valence-electron chi connectivity index (χ1n) is 14.0. The molecule has 0 aromatic carbocycles. The highest BCUT2D eigenvalue weighted by molar-refractivity contribution is 5.91. The molecular weight excluding hydrogens is 537 g/mol. The number of fused-ring (bicyclic) bond motifs is 6. The molecule has 6 rings (SSSR count). The number of halogens is 1. The van der Waals surface area contributed by atoms with E-state index in [4.69, 9.17) is 4.98 Å². The van der Waals surface area contributed by atoms with Crippen molar-refractivity contribution in [3.63, 3.8) is 0 Å². The number of nitrogens with zero attached hydrogens (tertiary/aromatic N) is 9. The third kappa shape index (κ3) is 4.56. The van der Waals surface area contributed by atoms with Crippen molar-refractivity contribution in [2.24, 2.45) is 0 Å². The minimum Gasteiger partial charge on any atom is -0.349 e. The van der Waals surface area contributed by atoms with Gasteiger partial charge in [-0.3, -0.25) is 9.78 Å². The van der Waals surface area contributed by atoms with Gasteiger partial charge in [0.15, 0.2) is 11.5 Å². The summed E-state index contributed by atoms with van der Waals surface area (Å²) in [5.74, 6) is -0.468. The van der Waals surface area contributed by atoms with Crippen molar-refractivity contribution < 1.29 is 9.18 Å². The molecule has 1 fully saturated rings. The molecule has 0 unspecified atom stereocenters. The van der Waals surface area contributed by atoms with Gasteiger partial charge in [0.05, 0.1) is 29.5 Å². The summed E-state index contributed by atoms with van der Waals surface area (Å²) in [4.78, 5) is 44.3. The number of aromatic nitrogens is 7. The lowest BCUT2D eigenvalue weighted by molar-refractivity contribution is -0.128. The minimum absolute atomic E-state index is 0.0124. The van der Waals surface area contributed by atoms with Crippen molar-refractivity contribution in [2.45, 2.75) is 58.7 Å². The molecule has 4 aromatic heterocycles. The number of hydrogen-bond acceptors (Lipinski definition) is 8. The number of allylic oxidation sites excluding steroid dienone is 2. The quantitative estimate of drug-likeness (QED) is 0.272. The molecule has 1 amide bonds. The Morgan fingerprint density at radius 3 is 2.74 bits per heavy atom. The normalized spacial score (nSPS) is 18.5. The summed E-state index contributed by atoms with van der Waals surface area (Å²) >= 11 is 0. The largest absolute Gasteiger partial charge is 0.355 e. The molecule has 4 bridgehead atoms. The Morgan fingerprint density at radius 2 is 1.98 bits per heavy atom. The highest BCUT2D eigenvalue weighted by atomic mass is 19.1. The van der Waals surface area contributed by atoms with Crippen LogP contribution in [-0.2, 0) is 17.8 Å². The zero-order valence-corrected chi connectivity index (χ0v) is 24.0. The van der Waals surface area contributed by atoms with Gasteiger partial charge in [-0.15, -0.1) is 5.10 Å². The van der Waals surface area contributed by atoms with E-state index in [1.165, 1.54) is 16.7 Å². The molecule has 4 aromatic rings. The highest BCUT2D eigenvalue weighted by Crippen LogP contribution is 2.34. The van der Waals surface area contributed by atoms with E-state index in [1.54, 1.807) is 22.0 Å². The maximum absolute atomic E-state index is 15.9. The van der Waals surface area contributed by atoms with Gasteiger partial charge < -0.3 is 9.80 Å². The molecule has 2 aliphatic rings. The SMILES string of the molecule is C=CC(=O)N1C[C@H](C)N(c2nc(=O)n3c4nc(c(F)cc24)-c2cn(nn2)CC=CCc2ccnc(C(C)C)c2-3)C[C@H]1C. The van der Waals surface area contributed by atoms with Gasteiger partial charge in [0.25, 0.3) is 0 Å². The Hall–Kier alpha value is -4.74. The molecular formula is C30H32FN9O2. The average molecular weight is 570 g/mol. The number of rotatable bonds is 3. The van der Waals surface area contributed by atoms with Crippen LogP contribution < -0.4 is 10.6 Å². The monoisotopic (exact) mass is 569 g/mol. The van der Waals surface area contributed by atoms with Gasteiger partial charge in [0.1, 0.15) is 17.2 Å². The topological polar surface area (TPSA) is 115 Å². The van der Waals surface area contributed by atoms with Gasteiger partial charge in [-0.25, -0.2) is 23.4 Å². The van der Waals surface area contributed by atoms with Gasteiger partial charge >= 0.3 is 5.69 Å². The molecule has 0 radical (unpaired) electrons. The summed E-state index contributed by atoms with van der Waals surface area (Å²) in [6.07, 6.45) is 9.16. The van der Waals surface area contributed by atoms with Crippen LogP contribution in [0.4, 0.5) is 10.2 Å². The average Bonchev–Trinajstić information content (AvgIpc) is 3.44. The van der Waals surface area contributed by atoms with Crippen LogP contribution in [0.5, 0.6) is 0 Å². The first-order valence-corrected chi connectivity index (χ1v) is 14.0. The third-order valence-corrected chi connectivity index (χ3v) is 7.90. The van der Waals surface area contributed by atoms with E-state index in [0.717, 1.165) is 5.56 Å². The Balaban J connectivity index is 1.66. The molecule has 0 spiro atoms. The molecule has 216 valence electrons. The van der Waals surface area contributed by atoms with E-state index < -0.39 is 11.5 Å². The number of pyridine rings is 2. The van der Waals surface area contributed by atoms with Crippen molar-refractivity contribution in [1.29, 1.82) is 0 Å². The summed E-state index contributed by atoms with van der Waals surface area (Å²) in [5, 5.41) is 8.67. The first kappa shape index (κ1) is 27.4. The number of anilines is 1. The lowest BCUT2D eigenvalue weighted by Gasteiger charge is -2.44. The second kappa shape index (κ2) is 10.6. The van der Waals surface area contributed by atoms with Crippen LogP contribution in [0.25, 0.3) is 28.1 Å². The third-order valence-electron chi connectivity index (χ3n) is 7.90. The maximum Gasteiger partial charge on any atom is 0.355 e. The van der Waals surface area contributed by atoms with Crippen molar-refractivity contribution in [1.82, 2.24) is 39.4 Å². The van der Waals surface area contributed by atoms with E-state index in [9.17, 15) is 9.59 Å². The van der Waals surface area contributed by atoms with Crippen LogP contribution in [0.15, 0.2) is 54.1 Å². The van der Waals surface area contributed by atoms with E-state index in [2.05, 4.69) is 26.9 Å². The lowest BCUT2D eigenvalue weighted by Crippen LogP contribution is -2.58. The van der Waals surface area contributed by atoms with Gasteiger partial charge in [-0.05, 0) is 50.0 Å². The van der Waals surface area contributed by atoms with Crippen LogP contribution in [0, 0.1) is 5.82 Å². The van der Waals surface area contributed by atoms with E-state index >= 15 is 4.39 Å². The summed E-state index contributed by atoms with van der Waals surface area (Å²) in [7, 11) is 0. The second-order valence-electron chi connectivity index (χ2n) is 11.1. The molecule has 0 saturated carbocycles. The van der Waals surface area contributed by atoms with E-state index in [1.807, 2.05) is 50.8 Å². The summed E-state index contributed by atoms with van der Waals surface area (Å²) in [6.45, 7) is 12.8. The molecule has 11 nitrogen and oxygen atoms in total. The summed E-state index contributed by atoms with van der Waals surface area (Å²) in [5.41, 5.74) is 2.12. The lowest BCUT2D eigenvalue weighted by atomic mass is 10.0. The molecule has 0 N–H and O–H groups in total. The number of amides is 1. The first-order chi connectivity index (χ1) is 20.2. The fraction of sp³-hybridized carbons (Fsp3) is 0.367. The zero-order valence-electron chi connectivity index (χ0n) is 24.0. The zero-order chi connectivity index (χ0) is 29.7. The van der Waals surface area contributed by atoms with Crippen LogP contribution in [0.3, 0.4) is 0 Å². The molecule has 2 aliphatic heterocycles. The summed E-state index contributed by atoms with van der Waals surface area (Å²) < 4.78 is 19.0. The smallest absolute Gasteiger partial charge is 0.349 e. The van der Waals surface area contributed by atoms with Crippen molar-refractivity contribution >= 4 is 22.8 Å². The molecule has 1 saturated heterocycles. The van der Waals surface area contributed by atoms with Gasteiger partial charge in [-0.2, -0.15) is 4.98 Å². The van der Waals surface area contributed by atoms with Crippen LogP contribution in [-0.4, -0.2) is 70.5 Å². The molecule has 0 aliphatic carbocycles. The highest BCUT2D eigenvalue weighted by Gasteiger charge is 2.34. The standard InChI is InChI=1S/C30H32FN9O2/c1-6-24(41)38-14-19(5)39(15-18(38)4)28-21-13-22(31)26-23-16-37(36-35-23)12-8-7-9-20-10-11-32-25(17(2)3)27(20)40(29(21)33-26)30(42)34-28/h6-8,10-11,13,16-19H,1,9,12,14-15H2,2-5H3/t18-,19+/m1/s1. The molecule has 12 heteroatoms. The number of piperazine rings is 1. The summed E-state index contributed by atoms with van der Waals surface area (Å²) in [6, 6.07) is 2.85. The molecule has 2 atom stereocenters. The van der Waals surface area contributed by atoms with Crippen molar-refractivity contribution in [3.05, 3.63) is 76.9 Å². The van der Waals surface area contributed by atoms with Gasteiger partial charge in [0, 0.05) is 31.4 Å². The minimum atomic E-state index is -0.607. The molecule has 6 heterocycles. The maximum atomic E-state index is 15.9. The van der Waals surface area contributed by atoms with E-state index in [0.29, 0.717) is 48.6 Å². The fourth-order valence-corrected chi connectivity index (χ4v) is 5.80. The second-order valence-corrected chi connectivity index (χ2v) is 11.1. The Labute approximate surface area is 242 Å². The van der Waals surface area contributed by atoms with Gasteiger partial charge in [0.2, 0.25) is 5.91 Å². The molecule has 42 heavy (non-hydrogen) atoms. The Morgan fingerprint density at radius 1 is 1.17 bits per heavy atom. The van der Waals surface area contributed by atoms with Crippen LogP contribution >= 0.6 is 0 Å². The van der Waals surface area contributed by atoms with Gasteiger partial charge in [-0.1, -0.05) is 37.8 Å². The van der Waals surface area contributed by atoms with Crippen molar-refractivity contribution in [3.8, 4) is 17.1 Å². The Kier molecular flexibility index (Phi) is 6.91. The van der Waals surface area contributed by atoms with Crippen LogP contribution in [0.1, 0.15) is 44.9 Å². The van der Waals surface area contributed by atoms with E-state index in [-0.39, 0.29) is 40.9 Å².